The van der Waals surface area contributed by atoms with Crippen molar-refractivity contribution in [2.45, 2.75) is 38.3 Å². The summed E-state index contributed by atoms with van der Waals surface area (Å²) < 4.78 is 20.9. The van der Waals surface area contributed by atoms with Crippen molar-refractivity contribution in [2.75, 3.05) is 25.5 Å². The zero-order valence-corrected chi connectivity index (χ0v) is 20.4. The Balaban J connectivity index is 1.74. The van der Waals surface area contributed by atoms with Crippen LogP contribution in [0.1, 0.15) is 54.3 Å². The fraction of sp³-hybridized carbons (Fsp3) is 0.417. The summed E-state index contributed by atoms with van der Waals surface area (Å²) in [5.41, 5.74) is -1.60. The van der Waals surface area contributed by atoms with Crippen molar-refractivity contribution < 1.29 is 23.8 Å². The summed E-state index contributed by atoms with van der Waals surface area (Å²) in [7, 11) is 2.69. The maximum atomic E-state index is 15.0. The minimum absolute atomic E-state index is 0.0870. The van der Waals surface area contributed by atoms with Gasteiger partial charge in [0.15, 0.2) is 11.5 Å². The van der Waals surface area contributed by atoms with Gasteiger partial charge >= 0.3 is 5.97 Å². The number of nitrogens with zero attached hydrogens (tertiary/aromatic N) is 5. The first-order chi connectivity index (χ1) is 17.1. The van der Waals surface area contributed by atoms with Gasteiger partial charge in [-0.3, -0.25) is 14.2 Å². The van der Waals surface area contributed by atoms with Crippen molar-refractivity contribution in [3.63, 3.8) is 0 Å². The van der Waals surface area contributed by atoms with E-state index in [1.807, 2.05) is 0 Å². The number of rotatable bonds is 5. The van der Waals surface area contributed by atoms with Crippen LogP contribution >= 0.6 is 0 Å². The molecule has 1 unspecified atom stereocenters. The molecule has 0 aliphatic carbocycles. The molecule has 2 N–H and O–H groups in total. The summed E-state index contributed by atoms with van der Waals surface area (Å²) in [6.07, 6.45) is 3.00. The largest absolute Gasteiger partial charge is 0.464 e. The first kappa shape index (κ1) is 25.2. The van der Waals surface area contributed by atoms with E-state index in [1.54, 1.807) is 24.9 Å². The topological polar surface area (TPSA) is 140 Å². The van der Waals surface area contributed by atoms with Crippen molar-refractivity contribution in [1.29, 1.82) is 0 Å². The van der Waals surface area contributed by atoms with Gasteiger partial charge in [-0.15, -0.1) is 0 Å². The van der Waals surface area contributed by atoms with E-state index in [0.29, 0.717) is 29.9 Å². The molecule has 1 aliphatic rings. The van der Waals surface area contributed by atoms with Gasteiger partial charge in [0.05, 0.1) is 24.1 Å². The van der Waals surface area contributed by atoms with E-state index >= 15 is 0 Å². The monoisotopic (exact) mass is 498 g/mol. The third-order valence-corrected chi connectivity index (χ3v) is 6.66. The molecule has 0 spiro atoms. The molecule has 11 nitrogen and oxygen atoms in total. The smallest absolute Gasteiger partial charge is 0.359 e. The highest BCUT2D eigenvalue weighted by molar-refractivity contribution is 5.88. The maximum absolute atomic E-state index is 15.0. The lowest BCUT2D eigenvalue weighted by molar-refractivity contribution is -0.133. The number of piperidine rings is 1. The first-order valence-corrected chi connectivity index (χ1v) is 11.4. The second kappa shape index (κ2) is 9.61. The van der Waals surface area contributed by atoms with Crippen molar-refractivity contribution in [3.05, 3.63) is 57.6 Å². The van der Waals surface area contributed by atoms with Crippen molar-refractivity contribution in [3.8, 4) is 0 Å². The lowest BCUT2D eigenvalue weighted by Gasteiger charge is -2.37. The molecule has 4 heterocycles. The van der Waals surface area contributed by atoms with Crippen LogP contribution in [0, 0.1) is 5.82 Å². The lowest BCUT2D eigenvalue weighted by atomic mass is 9.84. The number of ether oxygens (including phenoxy) is 1. The van der Waals surface area contributed by atoms with Gasteiger partial charge in [-0.2, -0.15) is 0 Å². The van der Waals surface area contributed by atoms with Crippen LogP contribution in [0.4, 0.5) is 10.2 Å². The number of amides is 1. The Bertz CT molecular complexity index is 1400. The number of hydrogen-bond donors (Lipinski definition) is 2. The van der Waals surface area contributed by atoms with Crippen LogP contribution in [0.25, 0.3) is 11.0 Å². The quantitative estimate of drug-likeness (QED) is 0.503. The van der Waals surface area contributed by atoms with Crippen LogP contribution in [-0.4, -0.2) is 61.6 Å². The van der Waals surface area contributed by atoms with E-state index in [-0.39, 0.29) is 29.9 Å². The SMILES string of the molecule is COC(=O)c1nccc(C(C)Nc2ncnc3c2cc(C2(O)CCN(C(C)=O)CC2)c(=O)n3C)c1F. The van der Waals surface area contributed by atoms with E-state index in [0.717, 1.165) is 7.11 Å². The van der Waals surface area contributed by atoms with Crippen molar-refractivity contribution in [2.24, 2.45) is 7.05 Å². The second-order valence-electron chi connectivity index (χ2n) is 8.84. The Morgan fingerprint density at radius 2 is 1.94 bits per heavy atom. The average Bonchev–Trinajstić information content (AvgIpc) is 2.86. The molecular weight excluding hydrogens is 471 g/mol. The summed E-state index contributed by atoms with van der Waals surface area (Å²) in [5.74, 6) is -1.49. The van der Waals surface area contributed by atoms with Gasteiger partial charge in [0.1, 0.15) is 17.8 Å². The highest BCUT2D eigenvalue weighted by Crippen LogP contribution is 2.34. The van der Waals surface area contributed by atoms with Gasteiger partial charge in [0.25, 0.3) is 5.56 Å². The number of aryl methyl sites for hydroxylation is 1. The Morgan fingerprint density at radius 3 is 2.58 bits per heavy atom. The zero-order chi connectivity index (χ0) is 26.2. The van der Waals surface area contributed by atoms with Crippen LogP contribution in [-0.2, 0) is 22.2 Å². The van der Waals surface area contributed by atoms with Gasteiger partial charge in [0.2, 0.25) is 5.91 Å². The Labute approximate surface area is 205 Å². The van der Waals surface area contributed by atoms with Gasteiger partial charge in [-0.25, -0.2) is 24.1 Å². The number of nitrogens with one attached hydrogen (secondary N) is 1. The first-order valence-electron chi connectivity index (χ1n) is 11.4. The fourth-order valence-electron chi connectivity index (χ4n) is 4.49. The molecule has 36 heavy (non-hydrogen) atoms. The van der Waals surface area contributed by atoms with Crippen molar-refractivity contribution in [1.82, 2.24) is 24.4 Å². The van der Waals surface area contributed by atoms with E-state index in [9.17, 15) is 23.9 Å². The highest BCUT2D eigenvalue weighted by Gasteiger charge is 2.37. The fourth-order valence-corrected chi connectivity index (χ4v) is 4.49. The second-order valence-corrected chi connectivity index (χ2v) is 8.84. The number of fused-ring (bicyclic) bond motifs is 1. The number of carbonyl (C=O) groups excluding carboxylic acids is 2. The highest BCUT2D eigenvalue weighted by atomic mass is 19.1. The zero-order valence-electron chi connectivity index (χ0n) is 20.4. The number of anilines is 1. The van der Waals surface area contributed by atoms with Crippen LogP contribution in [0.3, 0.4) is 0 Å². The molecule has 4 rings (SSSR count). The number of likely N-dealkylation sites (tertiary alicyclic amines) is 1. The summed E-state index contributed by atoms with van der Waals surface area (Å²) in [6, 6.07) is 2.34. The van der Waals surface area contributed by atoms with E-state index < -0.39 is 34.7 Å². The molecule has 3 aromatic rings. The predicted molar refractivity (Wildman–Crippen MR) is 128 cm³/mol. The molecule has 0 radical (unpaired) electrons. The van der Waals surface area contributed by atoms with Gasteiger partial charge < -0.3 is 20.1 Å². The third kappa shape index (κ3) is 4.39. The molecule has 190 valence electrons. The van der Waals surface area contributed by atoms with Gasteiger partial charge in [0, 0.05) is 44.4 Å². The Hall–Kier alpha value is -3.93. The number of halogens is 1. The predicted octanol–water partition coefficient (Wildman–Crippen LogP) is 1.65. The molecule has 0 saturated carbocycles. The minimum atomic E-state index is -1.43. The summed E-state index contributed by atoms with van der Waals surface area (Å²) in [6.45, 7) is 3.80. The molecule has 3 aromatic heterocycles. The molecule has 1 atom stereocenters. The molecule has 1 saturated heterocycles. The lowest BCUT2D eigenvalue weighted by Crippen LogP contribution is -2.47. The van der Waals surface area contributed by atoms with Crippen LogP contribution in [0.5, 0.6) is 0 Å². The molecule has 12 heteroatoms. The number of methoxy groups -OCH3 is 1. The molecule has 1 fully saturated rings. The van der Waals surface area contributed by atoms with Gasteiger partial charge in [-0.1, -0.05) is 0 Å². The van der Waals surface area contributed by atoms with Gasteiger partial charge in [-0.05, 0) is 31.9 Å². The van der Waals surface area contributed by atoms with E-state index in [2.05, 4.69) is 25.0 Å². The van der Waals surface area contributed by atoms with Crippen LogP contribution < -0.4 is 10.9 Å². The van der Waals surface area contributed by atoms with Crippen LogP contribution in [0.2, 0.25) is 0 Å². The van der Waals surface area contributed by atoms with Crippen molar-refractivity contribution >= 4 is 28.7 Å². The molecule has 1 aliphatic heterocycles. The Morgan fingerprint density at radius 1 is 1.25 bits per heavy atom. The third-order valence-electron chi connectivity index (χ3n) is 6.66. The van der Waals surface area contributed by atoms with E-state index in [1.165, 1.54) is 30.1 Å². The summed E-state index contributed by atoms with van der Waals surface area (Å²) in [5, 5.41) is 15.0. The van der Waals surface area contributed by atoms with Crippen LogP contribution in [0.15, 0.2) is 29.5 Å². The number of carbonyl (C=O) groups is 2. The summed E-state index contributed by atoms with van der Waals surface area (Å²) >= 11 is 0. The maximum Gasteiger partial charge on any atom is 0.359 e. The standard InChI is InChI=1S/C24H27FN6O5/c1-13(15-5-8-26-19(18(15)25)23(34)36-4)29-20-16-11-17(22(33)30(3)21(16)28-12-27-20)24(35)6-9-31(10-7-24)14(2)32/h5,8,11-13,35H,6-7,9-10H2,1-4H3,(H,27,28,29). The molecular formula is C24H27FN6O5. The number of hydrogen-bond acceptors (Lipinski definition) is 9. The number of esters is 1. The normalized spacial score (nSPS) is 16.0. The number of pyridine rings is 2. The minimum Gasteiger partial charge on any atom is -0.464 e. The molecule has 0 aromatic carbocycles. The summed E-state index contributed by atoms with van der Waals surface area (Å²) in [4.78, 5) is 50.6. The number of aromatic nitrogens is 4. The number of aliphatic hydroxyl groups is 1. The Kier molecular flexibility index (Phi) is 6.72. The van der Waals surface area contributed by atoms with E-state index in [4.69, 9.17) is 0 Å². The average molecular weight is 499 g/mol. The molecule has 0 bridgehead atoms. The molecule has 1 amide bonds.